The van der Waals surface area contributed by atoms with Crippen molar-refractivity contribution in [3.05, 3.63) is 11.6 Å². The maximum atomic E-state index is 11.0. The third-order valence-corrected chi connectivity index (χ3v) is 1.57. The van der Waals surface area contributed by atoms with Gasteiger partial charge in [-0.2, -0.15) is 0 Å². The molecule has 4 nitrogen and oxygen atoms in total. The highest BCUT2D eigenvalue weighted by Crippen LogP contribution is 1.91. The standard InChI is InChI=1S/C9H15ClN2O2/c1-6(2)4-5-11-9(14)12-8(13)7(3)10/h4,7H,5H2,1-3H3,(H2,11,12,13,14). The summed E-state index contributed by atoms with van der Waals surface area (Å²) in [4.78, 5) is 21.9. The Labute approximate surface area is 88.7 Å². The number of alkyl halides is 1. The molecule has 1 unspecified atom stereocenters. The van der Waals surface area contributed by atoms with E-state index in [4.69, 9.17) is 11.6 Å². The van der Waals surface area contributed by atoms with Crippen LogP contribution in [0.2, 0.25) is 0 Å². The molecule has 0 radical (unpaired) electrons. The van der Waals surface area contributed by atoms with E-state index in [0.29, 0.717) is 6.54 Å². The Bertz CT molecular complexity index is 245. The lowest BCUT2D eigenvalue weighted by molar-refractivity contribution is -0.119. The minimum atomic E-state index is -0.704. The number of allylic oxidation sites excluding steroid dienone is 1. The third kappa shape index (κ3) is 6.48. The maximum Gasteiger partial charge on any atom is 0.321 e. The summed E-state index contributed by atoms with van der Waals surface area (Å²) in [5.74, 6) is -0.499. The first-order valence-corrected chi connectivity index (χ1v) is 4.73. The minimum absolute atomic E-state index is 0.401. The highest BCUT2D eigenvalue weighted by Gasteiger charge is 2.11. The number of nitrogens with one attached hydrogen (secondary N) is 2. The molecule has 14 heavy (non-hydrogen) atoms. The summed E-state index contributed by atoms with van der Waals surface area (Å²) in [6.45, 7) is 5.75. The molecule has 0 aromatic heterocycles. The van der Waals surface area contributed by atoms with E-state index in [2.05, 4.69) is 10.6 Å². The van der Waals surface area contributed by atoms with E-state index >= 15 is 0 Å². The number of amides is 3. The van der Waals surface area contributed by atoms with E-state index in [0.717, 1.165) is 5.57 Å². The van der Waals surface area contributed by atoms with Gasteiger partial charge < -0.3 is 5.32 Å². The van der Waals surface area contributed by atoms with E-state index < -0.39 is 17.3 Å². The van der Waals surface area contributed by atoms with Crippen LogP contribution in [0.1, 0.15) is 20.8 Å². The molecular formula is C9H15ClN2O2. The van der Waals surface area contributed by atoms with Crippen molar-refractivity contribution in [2.45, 2.75) is 26.1 Å². The Morgan fingerprint density at radius 1 is 1.43 bits per heavy atom. The SMILES string of the molecule is CC(C)=CCNC(=O)NC(=O)C(C)Cl. The quantitative estimate of drug-likeness (QED) is 0.556. The maximum absolute atomic E-state index is 11.0. The molecule has 5 heteroatoms. The number of hydrogen-bond acceptors (Lipinski definition) is 2. The predicted octanol–water partition coefficient (Wildman–Crippen LogP) is 1.41. The van der Waals surface area contributed by atoms with Crippen LogP contribution in [0.15, 0.2) is 11.6 Å². The fourth-order valence-electron chi connectivity index (χ4n) is 0.603. The second-order valence-corrected chi connectivity index (χ2v) is 3.75. The first kappa shape index (κ1) is 13.0. The van der Waals surface area contributed by atoms with Gasteiger partial charge in [0, 0.05) is 6.54 Å². The summed E-state index contributed by atoms with van der Waals surface area (Å²) >= 11 is 5.45. The molecule has 0 saturated heterocycles. The Morgan fingerprint density at radius 3 is 2.43 bits per heavy atom. The first-order valence-electron chi connectivity index (χ1n) is 4.29. The number of hydrogen-bond donors (Lipinski definition) is 2. The van der Waals surface area contributed by atoms with Crippen molar-refractivity contribution in [2.24, 2.45) is 0 Å². The average Bonchev–Trinajstić information content (AvgIpc) is 2.02. The van der Waals surface area contributed by atoms with Crippen molar-refractivity contribution in [3.63, 3.8) is 0 Å². The molecule has 0 aliphatic carbocycles. The Kier molecular flexibility index (Phi) is 5.95. The van der Waals surface area contributed by atoms with Gasteiger partial charge in [0.1, 0.15) is 5.38 Å². The van der Waals surface area contributed by atoms with E-state index in [1.807, 2.05) is 19.9 Å². The van der Waals surface area contributed by atoms with Gasteiger partial charge in [-0.25, -0.2) is 4.79 Å². The molecule has 0 bridgehead atoms. The van der Waals surface area contributed by atoms with Crippen LogP contribution >= 0.6 is 11.6 Å². The molecular weight excluding hydrogens is 204 g/mol. The van der Waals surface area contributed by atoms with Gasteiger partial charge in [-0.1, -0.05) is 11.6 Å². The normalized spacial score (nSPS) is 11.4. The van der Waals surface area contributed by atoms with Crippen LogP contribution in [-0.2, 0) is 4.79 Å². The molecule has 0 saturated carbocycles. The zero-order chi connectivity index (χ0) is 11.1. The fourth-order valence-corrected chi connectivity index (χ4v) is 0.658. The van der Waals surface area contributed by atoms with Gasteiger partial charge >= 0.3 is 6.03 Å². The first-order chi connectivity index (χ1) is 6.43. The van der Waals surface area contributed by atoms with Gasteiger partial charge in [0.2, 0.25) is 5.91 Å². The van der Waals surface area contributed by atoms with Crippen LogP contribution in [0, 0.1) is 0 Å². The molecule has 0 aliphatic heterocycles. The van der Waals surface area contributed by atoms with Crippen LogP contribution in [-0.4, -0.2) is 23.9 Å². The highest BCUT2D eigenvalue weighted by atomic mass is 35.5. The minimum Gasteiger partial charge on any atom is -0.334 e. The lowest BCUT2D eigenvalue weighted by Gasteiger charge is -2.05. The van der Waals surface area contributed by atoms with Crippen LogP contribution in [0.25, 0.3) is 0 Å². The van der Waals surface area contributed by atoms with Gasteiger partial charge in [-0.3, -0.25) is 10.1 Å². The summed E-state index contributed by atoms with van der Waals surface area (Å²) in [6, 6.07) is -0.528. The second-order valence-electron chi connectivity index (χ2n) is 3.10. The molecule has 3 amide bonds. The zero-order valence-corrected chi connectivity index (χ0v) is 9.31. The fraction of sp³-hybridized carbons (Fsp3) is 0.556. The predicted molar refractivity (Wildman–Crippen MR) is 56.3 cm³/mol. The lowest BCUT2D eigenvalue weighted by Crippen LogP contribution is -2.42. The molecule has 1 atom stereocenters. The number of halogens is 1. The highest BCUT2D eigenvalue weighted by molar-refractivity contribution is 6.31. The molecule has 2 N–H and O–H groups in total. The summed E-state index contributed by atoms with van der Waals surface area (Å²) in [5, 5.41) is 3.89. The monoisotopic (exact) mass is 218 g/mol. The van der Waals surface area contributed by atoms with E-state index in [-0.39, 0.29) is 0 Å². The Balaban J connectivity index is 3.77. The average molecular weight is 219 g/mol. The summed E-state index contributed by atoms with van der Waals surface area (Å²) in [5.41, 5.74) is 1.10. The van der Waals surface area contributed by atoms with Crippen molar-refractivity contribution in [1.82, 2.24) is 10.6 Å². The van der Waals surface area contributed by atoms with Crippen LogP contribution in [0.4, 0.5) is 4.79 Å². The lowest BCUT2D eigenvalue weighted by atomic mass is 10.3. The van der Waals surface area contributed by atoms with Crippen molar-refractivity contribution in [3.8, 4) is 0 Å². The Hall–Kier alpha value is -1.03. The smallest absolute Gasteiger partial charge is 0.321 e. The topological polar surface area (TPSA) is 58.2 Å². The van der Waals surface area contributed by atoms with Crippen LogP contribution in [0.5, 0.6) is 0 Å². The molecule has 0 spiro atoms. The molecule has 80 valence electrons. The molecule has 0 aromatic rings. The summed E-state index contributed by atoms with van der Waals surface area (Å²) in [6.07, 6.45) is 1.84. The van der Waals surface area contributed by atoms with Gasteiger partial charge in [0.05, 0.1) is 0 Å². The van der Waals surface area contributed by atoms with E-state index in [9.17, 15) is 9.59 Å². The van der Waals surface area contributed by atoms with Gasteiger partial charge in [-0.05, 0) is 20.8 Å². The largest absolute Gasteiger partial charge is 0.334 e. The molecule has 0 aromatic carbocycles. The van der Waals surface area contributed by atoms with Gasteiger partial charge in [-0.15, -0.1) is 11.6 Å². The molecule has 0 heterocycles. The number of urea groups is 1. The molecule has 0 aliphatic rings. The number of carbonyl (C=O) groups excluding carboxylic acids is 2. The van der Waals surface area contributed by atoms with Crippen LogP contribution < -0.4 is 10.6 Å². The van der Waals surface area contributed by atoms with Gasteiger partial charge in [0.25, 0.3) is 0 Å². The number of carbonyl (C=O) groups is 2. The van der Waals surface area contributed by atoms with E-state index in [1.54, 1.807) is 0 Å². The second kappa shape index (κ2) is 6.43. The van der Waals surface area contributed by atoms with Gasteiger partial charge in [0.15, 0.2) is 0 Å². The number of rotatable bonds is 3. The Morgan fingerprint density at radius 2 is 2.00 bits per heavy atom. The van der Waals surface area contributed by atoms with Crippen molar-refractivity contribution < 1.29 is 9.59 Å². The summed E-state index contributed by atoms with van der Waals surface area (Å²) < 4.78 is 0. The van der Waals surface area contributed by atoms with Crippen molar-refractivity contribution in [2.75, 3.05) is 6.54 Å². The molecule has 0 rings (SSSR count). The number of imide groups is 1. The zero-order valence-electron chi connectivity index (χ0n) is 8.56. The third-order valence-electron chi connectivity index (χ3n) is 1.37. The van der Waals surface area contributed by atoms with Crippen molar-refractivity contribution in [1.29, 1.82) is 0 Å². The van der Waals surface area contributed by atoms with E-state index in [1.165, 1.54) is 6.92 Å². The van der Waals surface area contributed by atoms with Crippen molar-refractivity contribution >= 4 is 23.5 Å². The summed E-state index contributed by atoms with van der Waals surface area (Å²) in [7, 11) is 0. The molecule has 0 fully saturated rings. The van der Waals surface area contributed by atoms with Crippen LogP contribution in [0.3, 0.4) is 0 Å².